The smallest absolute Gasteiger partial charge is 0.339 e. The molecule has 1 amide bonds. The lowest BCUT2D eigenvalue weighted by Crippen LogP contribution is -2.23. The predicted octanol–water partition coefficient (Wildman–Crippen LogP) is 4.48. The molecule has 3 aromatic heterocycles. The van der Waals surface area contributed by atoms with E-state index in [4.69, 9.17) is 9.26 Å². The van der Waals surface area contributed by atoms with E-state index in [0.29, 0.717) is 28.4 Å². The number of carbonyl (C=O) groups excluding carboxylic acids is 2. The average molecular weight is 470 g/mol. The lowest BCUT2D eigenvalue weighted by atomic mass is 10.1. The van der Waals surface area contributed by atoms with Gasteiger partial charge in [0.25, 0.3) is 11.6 Å². The largest absolute Gasteiger partial charge is 0.452 e. The fraction of sp³-hybridized carbons (Fsp3) is 0.269. The SMILES string of the molecule is Cc1c(C#N)c(NC(=O)COC(=O)c2cc(C3CC3)nc3onc(C)c23)n(-c2ccccc2)c1C. The lowest BCUT2D eigenvalue weighted by molar-refractivity contribution is -0.119. The van der Waals surface area contributed by atoms with Crippen LogP contribution in [0.15, 0.2) is 40.9 Å². The Hall–Kier alpha value is -4.45. The van der Waals surface area contributed by atoms with Crippen molar-refractivity contribution in [3.8, 4) is 11.8 Å². The summed E-state index contributed by atoms with van der Waals surface area (Å²) < 4.78 is 12.4. The summed E-state index contributed by atoms with van der Waals surface area (Å²) in [6, 6.07) is 13.3. The molecule has 1 aliphatic rings. The first-order chi connectivity index (χ1) is 16.9. The molecular formula is C26H23N5O4. The third-order valence-electron chi connectivity index (χ3n) is 6.28. The summed E-state index contributed by atoms with van der Waals surface area (Å²) in [5, 5.41) is 16.9. The number of amides is 1. The van der Waals surface area contributed by atoms with E-state index in [1.807, 2.05) is 48.7 Å². The zero-order valence-corrected chi connectivity index (χ0v) is 19.6. The molecule has 9 nitrogen and oxygen atoms in total. The number of esters is 1. The molecule has 1 aliphatic carbocycles. The molecular weight excluding hydrogens is 446 g/mol. The Balaban J connectivity index is 1.38. The van der Waals surface area contributed by atoms with Gasteiger partial charge in [-0.3, -0.25) is 9.36 Å². The highest BCUT2D eigenvalue weighted by atomic mass is 16.5. The second-order valence-corrected chi connectivity index (χ2v) is 8.66. The molecule has 1 aromatic carbocycles. The number of nitrogens with one attached hydrogen (secondary N) is 1. The summed E-state index contributed by atoms with van der Waals surface area (Å²) in [5.41, 5.74) is 4.60. The maximum absolute atomic E-state index is 13.0. The molecule has 35 heavy (non-hydrogen) atoms. The van der Waals surface area contributed by atoms with Gasteiger partial charge in [0.05, 0.1) is 22.2 Å². The number of hydrogen-bond donors (Lipinski definition) is 1. The first-order valence-corrected chi connectivity index (χ1v) is 11.3. The molecule has 4 aromatic rings. The molecule has 0 radical (unpaired) electrons. The quantitative estimate of drug-likeness (QED) is 0.413. The summed E-state index contributed by atoms with van der Waals surface area (Å²) in [4.78, 5) is 30.3. The summed E-state index contributed by atoms with van der Waals surface area (Å²) in [6.07, 6.45) is 2.01. The number of ether oxygens (including phenoxy) is 1. The average Bonchev–Trinajstić information content (AvgIpc) is 3.61. The van der Waals surface area contributed by atoms with Gasteiger partial charge in [-0.15, -0.1) is 0 Å². The number of rotatable bonds is 6. The van der Waals surface area contributed by atoms with Gasteiger partial charge in [-0.1, -0.05) is 23.4 Å². The van der Waals surface area contributed by atoms with Gasteiger partial charge >= 0.3 is 5.97 Å². The van der Waals surface area contributed by atoms with Gasteiger partial charge in [0.2, 0.25) is 0 Å². The predicted molar refractivity (Wildman–Crippen MR) is 127 cm³/mol. The molecule has 176 valence electrons. The van der Waals surface area contributed by atoms with Crippen LogP contribution < -0.4 is 5.32 Å². The van der Waals surface area contributed by atoms with Gasteiger partial charge in [0.15, 0.2) is 6.61 Å². The molecule has 5 rings (SSSR count). The summed E-state index contributed by atoms with van der Waals surface area (Å²) >= 11 is 0. The van der Waals surface area contributed by atoms with Gasteiger partial charge < -0.3 is 14.6 Å². The zero-order valence-electron chi connectivity index (χ0n) is 19.6. The standard InChI is InChI=1S/C26H23N5O4/c1-14-16(3)31(18-7-5-4-6-8-18)24(20(14)12-27)29-22(32)13-34-26(33)19-11-21(17-9-10-17)28-25-23(19)15(2)30-35-25/h4-8,11,17H,9-10,13H2,1-3H3,(H,29,32). The van der Waals surface area contributed by atoms with Crippen molar-refractivity contribution in [1.82, 2.24) is 14.7 Å². The van der Waals surface area contributed by atoms with Crippen molar-refractivity contribution in [2.45, 2.75) is 39.5 Å². The molecule has 1 saturated carbocycles. The van der Waals surface area contributed by atoms with E-state index in [1.165, 1.54) is 0 Å². The molecule has 9 heteroatoms. The number of para-hydroxylation sites is 1. The number of aryl methyl sites for hydroxylation is 1. The van der Waals surface area contributed by atoms with Gasteiger partial charge in [-0.2, -0.15) is 5.26 Å². The van der Waals surface area contributed by atoms with E-state index in [9.17, 15) is 14.9 Å². The third-order valence-corrected chi connectivity index (χ3v) is 6.28. The van der Waals surface area contributed by atoms with Crippen LogP contribution in [0.4, 0.5) is 5.82 Å². The van der Waals surface area contributed by atoms with Crippen LogP contribution in [0.3, 0.4) is 0 Å². The number of benzene rings is 1. The molecule has 1 fully saturated rings. The Labute approximate surface area is 201 Å². The number of pyridine rings is 1. The van der Waals surface area contributed by atoms with Crippen molar-refractivity contribution in [3.05, 3.63) is 70.2 Å². The number of carbonyl (C=O) groups is 2. The Bertz CT molecular complexity index is 1510. The second kappa shape index (κ2) is 8.72. The molecule has 1 N–H and O–H groups in total. The van der Waals surface area contributed by atoms with Gasteiger partial charge in [0.1, 0.15) is 11.9 Å². The van der Waals surface area contributed by atoms with Crippen LogP contribution in [0.5, 0.6) is 0 Å². The lowest BCUT2D eigenvalue weighted by Gasteiger charge is -2.13. The highest BCUT2D eigenvalue weighted by Crippen LogP contribution is 2.40. The van der Waals surface area contributed by atoms with Crippen LogP contribution in [0.1, 0.15) is 57.3 Å². The van der Waals surface area contributed by atoms with Crippen LogP contribution in [-0.2, 0) is 9.53 Å². The number of anilines is 1. The number of aromatic nitrogens is 3. The maximum atomic E-state index is 13.0. The minimum absolute atomic E-state index is 0.278. The normalized spacial score (nSPS) is 13.0. The van der Waals surface area contributed by atoms with Gasteiger partial charge in [-0.05, 0) is 57.4 Å². The molecule has 0 atom stereocenters. The maximum Gasteiger partial charge on any atom is 0.339 e. The Morgan fingerprint density at radius 3 is 2.66 bits per heavy atom. The molecule has 0 unspecified atom stereocenters. The molecule has 0 spiro atoms. The van der Waals surface area contributed by atoms with Crippen LogP contribution in [-0.4, -0.2) is 33.2 Å². The van der Waals surface area contributed by atoms with Crippen molar-refractivity contribution in [3.63, 3.8) is 0 Å². The zero-order chi connectivity index (χ0) is 24.7. The highest BCUT2D eigenvalue weighted by molar-refractivity contribution is 6.04. The van der Waals surface area contributed by atoms with Crippen molar-refractivity contribution in [1.29, 1.82) is 5.26 Å². The minimum atomic E-state index is -0.660. The minimum Gasteiger partial charge on any atom is -0.452 e. The Morgan fingerprint density at radius 1 is 1.23 bits per heavy atom. The van der Waals surface area contributed by atoms with E-state index < -0.39 is 18.5 Å². The van der Waals surface area contributed by atoms with E-state index >= 15 is 0 Å². The van der Waals surface area contributed by atoms with Crippen molar-refractivity contribution < 1.29 is 18.8 Å². The number of nitrogens with zero attached hydrogens (tertiary/aromatic N) is 4. The molecule has 3 heterocycles. The fourth-order valence-corrected chi connectivity index (χ4v) is 4.20. The number of hydrogen-bond acceptors (Lipinski definition) is 7. The van der Waals surface area contributed by atoms with E-state index in [-0.39, 0.29) is 11.3 Å². The van der Waals surface area contributed by atoms with E-state index in [2.05, 4.69) is 21.5 Å². The molecule has 0 saturated heterocycles. The van der Waals surface area contributed by atoms with Crippen LogP contribution >= 0.6 is 0 Å². The molecule has 0 aliphatic heterocycles. The van der Waals surface area contributed by atoms with Crippen molar-refractivity contribution >= 4 is 28.8 Å². The van der Waals surface area contributed by atoms with Crippen LogP contribution in [0.25, 0.3) is 16.8 Å². The monoisotopic (exact) mass is 469 g/mol. The Morgan fingerprint density at radius 2 is 1.97 bits per heavy atom. The first kappa shape index (κ1) is 22.3. The number of fused-ring (bicyclic) bond motifs is 1. The summed E-state index contributed by atoms with van der Waals surface area (Å²) in [5.74, 6) is -0.584. The van der Waals surface area contributed by atoms with E-state index in [0.717, 1.165) is 35.5 Å². The molecule has 0 bridgehead atoms. The first-order valence-electron chi connectivity index (χ1n) is 11.3. The van der Waals surface area contributed by atoms with Crippen LogP contribution in [0, 0.1) is 32.1 Å². The fourth-order valence-electron chi connectivity index (χ4n) is 4.20. The third kappa shape index (κ3) is 4.04. The topological polar surface area (TPSA) is 123 Å². The van der Waals surface area contributed by atoms with Crippen LogP contribution in [0.2, 0.25) is 0 Å². The Kier molecular flexibility index (Phi) is 5.57. The highest BCUT2D eigenvalue weighted by Gasteiger charge is 2.29. The van der Waals surface area contributed by atoms with Crippen molar-refractivity contribution in [2.75, 3.05) is 11.9 Å². The van der Waals surface area contributed by atoms with Gasteiger partial charge in [-0.25, -0.2) is 9.78 Å². The summed E-state index contributed by atoms with van der Waals surface area (Å²) in [7, 11) is 0. The van der Waals surface area contributed by atoms with E-state index in [1.54, 1.807) is 13.0 Å². The summed E-state index contributed by atoms with van der Waals surface area (Å²) in [6.45, 7) is 4.91. The van der Waals surface area contributed by atoms with Crippen molar-refractivity contribution in [2.24, 2.45) is 0 Å². The second-order valence-electron chi connectivity index (χ2n) is 8.66. The van der Waals surface area contributed by atoms with Gasteiger partial charge in [0, 0.05) is 23.0 Å². The number of nitriles is 1.